The van der Waals surface area contributed by atoms with E-state index in [2.05, 4.69) is 57.8 Å². The highest BCUT2D eigenvalue weighted by molar-refractivity contribution is 5.97. The second-order valence-electron chi connectivity index (χ2n) is 12.3. The second kappa shape index (κ2) is 12.8. The Morgan fingerprint density at radius 2 is 1.93 bits per heavy atom. The molecule has 2 aliphatic rings. The summed E-state index contributed by atoms with van der Waals surface area (Å²) in [6, 6.07) is 4.56. The maximum atomic E-state index is 14.2. The molecular formula is C30H46FN7O2. The van der Waals surface area contributed by atoms with Crippen LogP contribution in [0.3, 0.4) is 0 Å². The number of benzene rings is 1. The standard InChI is InChI=1S/C30H46FN7O2/c1-8-38(22(4)5)29(39)24-16-23(31)11-12-26(24)40-28-27(32-20-33-34-28)36-15-13-30(17-36)18-37(19-30)25(21(2)3)10-9-14-35(6)7/h11-12,16,20-22,25H,8-10,13-15,17-19H2,1-7H3/t25-/m0/s1. The predicted octanol–water partition coefficient (Wildman–Crippen LogP) is 4.55. The van der Waals surface area contributed by atoms with Crippen LogP contribution >= 0.6 is 0 Å². The van der Waals surface area contributed by atoms with E-state index in [-0.39, 0.29) is 34.6 Å². The first kappa shape index (κ1) is 30.1. The molecule has 10 heteroatoms. The molecule has 0 bridgehead atoms. The molecule has 2 saturated heterocycles. The monoisotopic (exact) mass is 555 g/mol. The summed E-state index contributed by atoms with van der Waals surface area (Å²) in [6.45, 7) is 15.9. The molecule has 40 heavy (non-hydrogen) atoms. The van der Waals surface area contributed by atoms with Crippen molar-refractivity contribution in [3.8, 4) is 11.6 Å². The van der Waals surface area contributed by atoms with E-state index in [9.17, 15) is 9.18 Å². The van der Waals surface area contributed by atoms with Crippen molar-refractivity contribution in [3.63, 3.8) is 0 Å². The molecule has 220 valence electrons. The van der Waals surface area contributed by atoms with E-state index in [1.54, 1.807) is 4.90 Å². The first-order valence-corrected chi connectivity index (χ1v) is 14.6. The number of aromatic nitrogens is 3. The molecule has 0 aliphatic carbocycles. The number of amides is 1. The van der Waals surface area contributed by atoms with E-state index in [1.165, 1.54) is 37.4 Å². The van der Waals surface area contributed by atoms with E-state index in [4.69, 9.17) is 4.74 Å². The molecule has 9 nitrogen and oxygen atoms in total. The van der Waals surface area contributed by atoms with Crippen molar-refractivity contribution in [3.05, 3.63) is 35.9 Å². The number of anilines is 1. The van der Waals surface area contributed by atoms with Crippen LogP contribution in [0.5, 0.6) is 11.6 Å². The van der Waals surface area contributed by atoms with Crippen molar-refractivity contribution in [1.82, 2.24) is 29.9 Å². The first-order chi connectivity index (χ1) is 19.0. The third-order valence-electron chi connectivity index (χ3n) is 8.33. The Morgan fingerprint density at radius 3 is 2.58 bits per heavy atom. The minimum absolute atomic E-state index is 0.0338. The molecule has 0 N–H and O–H groups in total. The van der Waals surface area contributed by atoms with Gasteiger partial charge in [0.15, 0.2) is 5.82 Å². The topological polar surface area (TPSA) is 77.9 Å². The molecule has 1 amide bonds. The Balaban J connectivity index is 1.47. The average molecular weight is 556 g/mol. The first-order valence-electron chi connectivity index (χ1n) is 14.6. The lowest BCUT2D eigenvalue weighted by Crippen LogP contribution is -2.62. The highest BCUT2D eigenvalue weighted by atomic mass is 19.1. The molecule has 0 radical (unpaired) electrons. The van der Waals surface area contributed by atoms with E-state index in [1.807, 2.05) is 20.8 Å². The van der Waals surface area contributed by atoms with Gasteiger partial charge in [0, 0.05) is 50.2 Å². The molecule has 1 spiro atoms. The third-order valence-corrected chi connectivity index (χ3v) is 8.33. The van der Waals surface area contributed by atoms with Crippen LogP contribution in [0.1, 0.15) is 64.2 Å². The summed E-state index contributed by atoms with van der Waals surface area (Å²) in [7, 11) is 4.27. The number of hydrogen-bond donors (Lipinski definition) is 0. The third kappa shape index (κ3) is 6.71. The number of carbonyl (C=O) groups is 1. The molecule has 0 unspecified atom stereocenters. The van der Waals surface area contributed by atoms with Gasteiger partial charge >= 0.3 is 0 Å². The Morgan fingerprint density at radius 1 is 1.18 bits per heavy atom. The fourth-order valence-electron chi connectivity index (χ4n) is 6.28. The minimum atomic E-state index is -0.495. The van der Waals surface area contributed by atoms with Gasteiger partial charge in [-0.2, -0.15) is 0 Å². The van der Waals surface area contributed by atoms with E-state index in [0.717, 1.165) is 39.1 Å². The minimum Gasteiger partial charge on any atom is -0.434 e. The van der Waals surface area contributed by atoms with Crippen molar-refractivity contribution < 1.29 is 13.9 Å². The zero-order valence-corrected chi connectivity index (χ0v) is 25.2. The lowest BCUT2D eigenvalue weighted by Gasteiger charge is -2.53. The fraction of sp³-hybridized carbons (Fsp3) is 0.667. The summed E-state index contributed by atoms with van der Waals surface area (Å²) in [5.41, 5.74) is 0.390. The van der Waals surface area contributed by atoms with Crippen molar-refractivity contribution in [2.75, 3.05) is 58.3 Å². The van der Waals surface area contributed by atoms with E-state index in [0.29, 0.717) is 24.3 Å². The average Bonchev–Trinajstić information content (AvgIpc) is 3.33. The Kier molecular flexibility index (Phi) is 9.61. The lowest BCUT2D eigenvalue weighted by molar-refractivity contribution is -0.0343. The smallest absolute Gasteiger partial charge is 0.282 e. The van der Waals surface area contributed by atoms with Crippen LogP contribution in [-0.2, 0) is 0 Å². The molecule has 3 heterocycles. The molecule has 1 atom stereocenters. The van der Waals surface area contributed by atoms with Crippen molar-refractivity contribution in [1.29, 1.82) is 0 Å². The quantitative estimate of drug-likeness (QED) is 0.378. The van der Waals surface area contributed by atoms with Crippen LogP contribution in [0, 0.1) is 17.2 Å². The van der Waals surface area contributed by atoms with Crippen molar-refractivity contribution in [2.45, 2.75) is 66.0 Å². The van der Waals surface area contributed by atoms with Gasteiger partial charge in [0.1, 0.15) is 17.9 Å². The molecule has 2 aromatic rings. The zero-order chi connectivity index (χ0) is 29.0. The molecular weight excluding hydrogens is 509 g/mol. The Bertz CT molecular complexity index is 1150. The maximum Gasteiger partial charge on any atom is 0.282 e. The number of ether oxygens (including phenoxy) is 1. The molecule has 1 aromatic heterocycles. The van der Waals surface area contributed by atoms with Gasteiger partial charge in [-0.25, -0.2) is 9.37 Å². The van der Waals surface area contributed by atoms with Crippen LogP contribution in [0.15, 0.2) is 24.5 Å². The SMILES string of the molecule is CCN(C(=O)c1cc(F)ccc1Oc1nncnc1N1CCC2(C1)CN([C@@H](CCCN(C)C)C(C)C)C2)C(C)C. The number of likely N-dealkylation sites (tertiary alicyclic amines) is 1. The number of rotatable bonds is 12. The zero-order valence-electron chi connectivity index (χ0n) is 25.2. The van der Waals surface area contributed by atoms with Gasteiger partial charge in [-0.1, -0.05) is 13.8 Å². The van der Waals surface area contributed by atoms with Gasteiger partial charge in [0.05, 0.1) is 5.56 Å². The van der Waals surface area contributed by atoms with Crippen molar-refractivity contribution in [2.24, 2.45) is 11.3 Å². The summed E-state index contributed by atoms with van der Waals surface area (Å²) in [6.07, 6.45) is 4.93. The maximum absolute atomic E-state index is 14.2. The molecule has 2 fully saturated rings. The lowest BCUT2D eigenvalue weighted by atomic mass is 9.76. The van der Waals surface area contributed by atoms with Gasteiger partial charge in [-0.15, -0.1) is 10.2 Å². The summed E-state index contributed by atoms with van der Waals surface area (Å²) in [4.78, 5) is 26.6. The highest BCUT2D eigenvalue weighted by Gasteiger charge is 2.50. The highest BCUT2D eigenvalue weighted by Crippen LogP contribution is 2.44. The predicted molar refractivity (Wildman–Crippen MR) is 155 cm³/mol. The van der Waals surface area contributed by atoms with Gasteiger partial charge in [-0.3, -0.25) is 9.69 Å². The second-order valence-corrected chi connectivity index (χ2v) is 12.3. The number of carbonyl (C=O) groups excluding carboxylic acids is 1. The largest absolute Gasteiger partial charge is 0.434 e. The van der Waals surface area contributed by atoms with E-state index < -0.39 is 5.82 Å². The van der Waals surface area contributed by atoms with Gasteiger partial charge in [0.2, 0.25) is 0 Å². The number of nitrogens with zero attached hydrogens (tertiary/aromatic N) is 7. The summed E-state index contributed by atoms with van der Waals surface area (Å²) in [5, 5.41) is 8.19. The van der Waals surface area contributed by atoms with E-state index >= 15 is 0 Å². The van der Waals surface area contributed by atoms with Crippen LogP contribution in [-0.4, -0.2) is 101 Å². The van der Waals surface area contributed by atoms with Crippen molar-refractivity contribution >= 4 is 11.7 Å². The van der Waals surface area contributed by atoms with Crippen LogP contribution in [0.2, 0.25) is 0 Å². The molecule has 0 saturated carbocycles. The van der Waals surface area contributed by atoms with Crippen LogP contribution in [0.4, 0.5) is 10.2 Å². The fourth-order valence-corrected chi connectivity index (χ4v) is 6.28. The van der Waals surface area contributed by atoms with Crippen LogP contribution in [0.25, 0.3) is 0 Å². The normalized spacial score (nSPS) is 17.6. The Hall–Kier alpha value is -2.85. The summed E-state index contributed by atoms with van der Waals surface area (Å²) >= 11 is 0. The van der Waals surface area contributed by atoms with Gasteiger partial charge in [-0.05, 0) is 84.8 Å². The number of hydrogen-bond acceptors (Lipinski definition) is 8. The van der Waals surface area contributed by atoms with Gasteiger partial charge in [0.25, 0.3) is 11.8 Å². The van der Waals surface area contributed by atoms with Crippen LogP contribution < -0.4 is 9.64 Å². The number of halogens is 1. The Labute approximate surface area is 238 Å². The molecule has 1 aromatic carbocycles. The van der Waals surface area contributed by atoms with Gasteiger partial charge < -0.3 is 19.4 Å². The summed E-state index contributed by atoms with van der Waals surface area (Å²) in [5.74, 6) is 0.921. The summed E-state index contributed by atoms with van der Waals surface area (Å²) < 4.78 is 20.4. The molecule has 4 rings (SSSR count). The molecule has 2 aliphatic heterocycles.